The van der Waals surface area contributed by atoms with Crippen LogP contribution in [0.5, 0.6) is 0 Å². The zero-order chi connectivity index (χ0) is 13.1. The smallest absolute Gasteiger partial charge is 0.162 e. The Bertz CT molecular complexity index is 543. The molecule has 0 amide bonds. The van der Waals surface area contributed by atoms with E-state index in [1.165, 1.54) is 18.3 Å². The van der Waals surface area contributed by atoms with Crippen LogP contribution in [0, 0.1) is 11.6 Å². The van der Waals surface area contributed by atoms with Crippen molar-refractivity contribution in [3.63, 3.8) is 0 Å². The molecule has 0 spiro atoms. The third-order valence-electron chi connectivity index (χ3n) is 2.65. The Morgan fingerprint density at radius 2 is 2.00 bits per heavy atom. The van der Waals surface area contributed by atoms with Gasteiger partial charge in [0.25, 0.3) is 0 Å². The number of hydrogen-bond donors (Lipinski definition) is 1. The van der Waals surface area contributed by atoms with Gasteiger partial charge in [0.05, 0.1) is 0 Å². The summed E-state index contributed by atoms with van der Waals surface area (Å²) in [5.41, 5.74) is 6.90. The summed E-state index contributed by atoms with van der Waals surface area (Å²) >= 11 is 5.66. The van der Waals surface area contributed by atoms with Crippen LogP contribution in [0.3, 0.4) is 0 Å². The first-order valence-corrected chi connectivity index (χ1v) is 5.75. The van der Waals surface area contributed by atoms with Crippen molar-refractivity contribution in [2.45, 2.75) is 12.5 Å². The number of hydrogen-bond acceptors (Lipinski definition) is 2. The average Bonchev–Trinajstić information content (AvgIpc) is 2.36. The summed E-state index contributed by atoms with van der Waals surface area (Å²) in [6.45, 7) is 0. The summed E-state index contributed by atoms with van der Waals surface area (Å²) < 4.78 is 26.5. The van der Waals surface area contributed by atoms with Crippen molar-refractivity contribution in [3.05, 3.63) is 64.4 Å². The van der Waals surface area contributed by atoms with E-state index in [0.717, 1.165) is 11.6 Å². The molecule has 2 aromatic rings. The monoisotopic (exact) mass is 268 g/mol. The molecule has 1 unspecified atom stereocenters. The molecule has 0 aliphatic rings. The average molecular weight is 269 g/mol. The van der Waals surface area contributed by atoms with Gasteiger partial charge in [-0.05, 0) is 29.7 Å². The van der Waals surface area contributed by atoms with Crippen molar-refractivity contribution >= 4 is 11.6 Å². The van der Waals surface area contributed by atoms with Gasteiger partial charge in [0.2, 0.25) is 0 Å². The molecular formula is C13H11ClF2N2. The number of halogens is 3. The van der Waals surface area contributed by atoms with Gasteiger partial charge in [-0.15, -0.1) is 0 Å². The lowest BCUT2D eigenvalue weighted by Gasteiger charge is -2.12. The third kappa shape index (κ3) is 2.83. The van der Waals surface area contributed by atoms with E-state index < -0.39 is 17.7 Å². The van der Waals surface area contributed by atoms with Crippen molar-refractivity contribution < 1.29 is 8.78 Å². The molecule has 2 nitrogen and oxygen atoms in total. The van der Waals surface area contributed by atoms with Crippen molar-refractivity contribution in [2.75, 3.05) is 0 Å². The van der Waals surface area contributed by atoms with Gasteiger partial charge < -0.3 is 5.73 Å². The minimum Gasteiger partial charge on any atom is -0.324 e. The predicted molar refractivity (Wildman–Crippen MR) is 66.2 cm³/mol. The first kappa shape index (κ1) is 12.9. The summed E-state index contributed by atoms with van der Waals surface area (Å²) in [5, 5.41) is 0.364. The highest BCUT2D eigenvalue weighted by Crippen LogP contribution is 2.19. The van der Waals surface area contributed by atoms with E-state index >= 15 is 0 Å². The highest BCUT2D eigenvalue weighted by atomic mass is 35.5. The maximum atomic E-state index is 13.5. The molecule has 0 saturated heterocycles. The zero-order valence-electron chi connectivity index (χ0n) is 9.41. The Morgan fingerprint density at radius 3 is 2.67 bits per heavy atom. The molecule has 94 valence electrons. The minimum atomic E-state index is -0.867. The molecule has 5 heteroatoms. The van der Waals surface area contributed by atoms with E-state index in [1.807, 2.05) is 0 Å². The molecule has 1 aromatic carbocycles. The molecule has 0 radical (unpaired) electrons. The Labute approximate surface area is 108 Å². The van der Waals surface area contributed by atoms with Gasteiger partial charge >= 0.3 is 0 Å². The SMILES string of the molecule is NC(Cc1cccc(F)c1F)c1ccc(Cl)nc1. The second-order valence-electron chi connectivity index (χ2n) is 3.94. The molecule has 0 bridgehead atoms. The maximum Gasteiger partial charge on any atom is 0.162 e. The van der Waals surface area contributed by atoms with Crippen LogP contribution >= 0.6 is 11.6 Å². The van der Waals surface area contributed by atoms with Gasteiger partial charge in [-0.3, -0.25) is 0 Å². The van der Waals surface area contributed by atoms with Gasteiger partial charge in [-0.25, -0.2) is 13.8 Å². The predicted octanol–water partition coefficient (Wildman–Crippen LogP) is 3.26. The normalized spacial score (nSPS) is 12.4. The van der Waals surface area contributed by atoms with Gasteiger partial charge in [0.1, 0.15) is 5.15 Å². The molecule has 1 aromatic heterocycles. The lowest BCUT2D eigenvalue weighted by atomic mass is 10.0. The molecule has 0 saturated carbocycles. The summed E-state index contributed by atoms with van der Waals surface area (Å²) in [7, 11) is 0. The molecular weight excluding hydrogens is 258 g/mol. The quantitative estimate of drug-likeness (QED) is 0.868. The van der Waals surface area contributed by atoms with Crippen LogP contribution in [0.4, 0.5) is 8.78 Å². The fourth-order valence-corrected chi connectivity index (χ4v) is 1.78. The Morgan fingerprint density at radius 1 is 1.22 bits per heavy atom. The minimum absolute atomic E-state index is 0.201. The summed E-state index contributed by atoms with van der Waals surface area (Å²) in [6.07, 6.45) is 1.73. The Hall–Kier alpha value is -1.52. The highest BCUT2D eigenvalue weighted by molar-refractivity contribution is 6.29. The van der Waals surface area contributed by atoms with Crippen molar-refractivity contribution in [3.8, 4) is 0 Å². The number of nitrogens with zero attached hydrogens (tertiary/aromatic N) is 1. The fraction of sp³-hybridized carbons (Fsp3) is 0.154. The molecule has 0 aliphatic carbocycles. The lowest BCUT2D eigenvalue weighted by molar-refractivity contribution is 0.494. The standard InChI is InChI=1S/C13H11ClF2N2/c14-12-5-4-9(7-18-12)11(17)6-8-2-1-3-10(15)13(8)16/h1-5,7,11H,6,17H2. The van der Waals surface area contributed by atoms with Crippen LogP contribution < -0.4 is 5.73 Å². The number of rotatable bonds is 3. The summed E-state index contributed by atoms with van der Waals surface area (Å²) in [4.78, 5) is 3.90. The van der Waals surface area contributed by atoms with Crippen LogP contribution in [-0.2, 0) is 6.42 Å². The first-order valence-electron chi connectivity index (χ1n) is 5.38. The van der Waals surface area contributed by atoms with E-state index in [0.29, 0.717) is 5.15 Å². The second kappa shape index (κ2) is 5.42. The van der Waals surface area contributed by atoms with Crippen LogP contribution in [0.2, 0.25) is 5.15 Å². The number of pyridine rings is 1. The van der Waals surface area contributed by atoms with Gasteiger partial charge in [0, 0.05) is 12.2 Å². The van der Waals surface area contributed by atoms with Gasteiger partial charge in [-0.1, -0.05) is 29.8 Å². The first-order chi connectivity index (χ1) is 8.58. The third-order valence-corrected chi connectivity index (χ3v) is 2.87. The van der Waals surface area contributed by atoms with E-state index in [2.05, 4.69) is 4.98 Å². The van der Waals surface area contributed by atoms with E-state index in [4.69, 9.17) is 17.3 Å². The highest BCUT2D eigenvalue weighted by Gasteiger charge is 2.13. The fourth-order valence-electron chi connectivity index (χ4n) is 1.67. The number of nitrogens with two attached hydrogens (primary N) is 1. The molecule has 2 rings (SSSR count). The summed E-state index contributed by atoms with van der Waals surface area (Å²) in [6, 6.07) is 6.93. The van der Waals surface area contributed by atoms with Crippen molar-refractivity contribution in [1.29, 1.82) is 0 Å². The molecule has 1 heterocycles. The van der Waals surface area contributed by atoms with Crippen molar-refractivity contribution in [1.82, 2.24) is 4.98 Å². The molecule has 18 heavy (non-hydrogen) atoms. The lowest BCUT2D eigenvalue weighted by Crippen LogP contribution is -2.14. The van der Waals surface area contributed by atoms with Crippen molar-refractivity contribution in [2.24, 2.45) is 5.73 Å². The van der Waals surface area contributed by atoms with E-state index in [9.17, 15) is 8.78 Å². The number of aromatic nitrogens is 1. The molecule has 2 N–H and O–H groups in total. The van der Waals surface area contributed by atoms with E-state index in [-0.39, 0.29) is 12.0 Å². The summed E-state index contributed by atoms with van der Waals surface area (Å²) in [5.74, 6) is -1.72. The van der Waals surface area contributed by atoms with Crippen LogP contribution in [0.15, 0.2) is 36.5 Å². The second-order valence-corrected chi connectivity index (χ2v) is 4.33. The van der Waals surface area contributed by atoms with Gasteiger partial charge in [-0.2, -0.15) is 0 Å². The molecule has 1 atom stereocenters. The number of benzene rings is 1. The topological polar surface area (TPSA) is 38.9 Å². The molecule has 0 aliphatic heterocycles. The Kier molecular flexibility index (Phi) is 3.89. The van der Waals surface area contributed by atoms with Gasteiger partial charge in [0.15, 0.2) is 11.6 Å². The zero-order valence-corrected chi connectivity index (χ0v) is 10.2. The van der Waals surface area contributed by atoms with Crippen LogP contribution in [0.25, 0.3) is 0 Å². The largest absolute Gasteiger partial charge is 0.324 e. The molecule has 0 fully saturated rings. The van der Waals surface area contributed by atoms with Crippen LogP contribution in [-0.4, -0.2) is 4.98 Å². The maximum absolute atomic E-state index is 13.5. The Balaban J connectivity index is 2.18. The van der Waals surface area contributed by atoms with Crippen LogP contribution in [0.1, 0.15) is 17.2 Å². The van der Waals surface area contributed by atoms with E-state index in [1.54, 1.807) is 12.1 Å².